The molecule has 1 aromatic carbocycles. The summed E-state index contributed by atoms with van der Waals surface area (Å²) in [6.07, 6.45) is 2.90. The molecule has 0 saturated heterocycles. The van der Waals surface area contributed by atoms with Gasteiger partial charge in [-0.2, -0.15) is 4.31 Å². The number of sulfonamides is 1. The molecule has 1 heterocycles. The number of rotatable bonds is 6. The van der Waals surface area contributed by atoms with Crippen molar-refractivity contribution in [1.29, 1.82) is 0 Å². The molecule has 0 atom stereocenters. The Labute approximate surface area is 119 Å². The van der Waals surface area contributed by atoms with Gasteiger partial charge in [0.05, 0.1) is 0 Å². The van der Waals surface area contributed by atoms with Crippen molar-refractivity contribution >= 4 is 10.0 Å². The summed E-state index contributed by atoms with van der Waals surface area (Å²) in [5, 5.41) is 0. The lowest BCUT2D eigenvalue weighted by Gasteiger charge is -2.21. The predicted octanol–water partition coefficient (Wildman–Crippen LogP) is 1.23. The van der Waals surface area contributed by atoms with Crippen molar-refractivity contribution in [3.8, 4) is 0 Å². The van der Waals surface area contributed by atoms with Crippen LogP contribution in [0, 0.1) is 0 Å². The van der Waals surface area contributed by atoms with E-state index in [4.69, 9.17) is 5.73 Å². The fraction of sp³-hybridized carbons (Fsp3) is 0.214. The van der Waals surface area contributed by atoms with Crippen molar-refractivity contribution in [2.75, 3.05) is 13.1 Å². The van der Waals surface area contributed by atoms with Gasteiger partial charge in [0.25, 0.3) is 0 Å². The molecular formula is C14H17N3O2S. The minimum atomic E-state index is -3.57. The molecule has 0 aliphatic heterocycles. The van der Waals surface area contributed by atoms with Crippen LogP contribution in [0.15, 0.2) is 59.8 Å². The number of aromatic nitrogens is 1. The van der Waals surface area contributed by atoms with Gasteiger partial charge in [-0.05, 0) is 17.7 Å². The Balaban J connectivity index is 2.29. The van der Waals surface area contributed by atoms with E-state index in [9.17, 15) is 8.42 Å². The van der Waals surface area contributed by atoms with Gasteiger partial charge in [-0.3, -0.25) is 4.98 Å². The summed E-state index contributed by atoms with van der Waals surface area (Å²) in [5.41, 5.74) is 6.46. The van der Waals surface area contributed by atoms with E-state index in [0.717, 1.165) is 5.56 Å². The van der Waals surface area contributed by atoms with Crippen molar-refractivity contribution in [3.05, 3.63) is 60.4 Å². The zero-order chi connectivity index (χ0) is 14.4. The number of pyridine rings is 1. The van der Waals surface area contributed by atoms with Gasteiger partial charge in [0.15, 0.2) is 0 Å². The summed E-state index contributed by atoms with van der Waals surface area (Å²) in [7, 11) is -3.57. The Hall–Kier alpha value is -1.76. The SMILES string of the molecule is NCCN(Cc1ccccc1)S(=O)(=O)c1cccnc1. The third kappa shape index (κ3) is 3.41. The molecule has 2 N–H and O–H groups in total. The van der Waals surface area contributed by atoms with Crippen LogP contribution in [-0.4, -0.2) is 30.8 Å². The molecule has 0 aliphatic rings. The van der Waals surface area contributed by atoms with Crippen LogP contribution in [0.5, 0.6) is 0 Å². The third-order valence-electron chi connectivity index (χ3n) is 2.85. The van der Waals surface area contributed by atoms with Crippen molar-refractivity contribution < 1.29 is 8.42 Å². The van der Waals surface area contributed by atoms with Crippen molar-refractivity contribution in [3.63, 3.8) is 0 Å². The van der Waals surface area contributed by atoms with Crippen LogP contribution in [0.1, 0.15) is 5.56 Å². The van der Waals surface area contributed by atoms with Gasteiger partial charge in [0.1, 0.15) is 4.90 Å². The highest BCUT2D eigenvalue weighted by Crippen LogP contribution is 2.16. The first-order chi connectivity index (χ1) is 9.64. The molecule has 6 heteroatoms. The van der Waals surface area contributed by atoms with Gasteiger partial charge in [-0.15, -0.1) is 0 Å². The van der Waals surface area contributed by atoms with Gasteiger partial charge in [0.2, 0.25) is 10.0 Å². The smallest absolute Gasteiger partial charge is 0.244 e. The van der Waals surface area contributed by atoms with E-state index in [0.29, 0.717) is 6.54 Å². The monoisotopic (exact) mass is 291 g/mol. The lowest BCUT2D eigenvalue weighted by molar-refractivity contribution is 0.414. The van der Waals surface area contributed by atoms with Crippen molar-refractivity contribution in [2.45, 2.75) is 11.4 Å². The first-order valence-electron chi connectivity index (χ1n) is 6.29. The van der Waals surface area contributed by atoms with Crippen LogP contribution < -0.4 is 5.73 Å². The molecule has 2 rings (SSSR count). The van der Waals surface area contributed by atoms with Crippen LogP contribution in [0.25, 0.3) is 0 Å². The number of nitrogens with two attached hydrogens (primary N) is 1. The summed E-state index contributed by atoms with van der Waals surface area (Å²) in [6, 6.07) is 12.6. The largest absolute Gasteiger partial charge is 0.329 e. The standard InChI is InChI=1S/C14H17N3O2S/c15-8-10-17(12-13-5-2-1-3-6-13)20(18,19)14-7-4-9-16-11-14/h1-7,9,11H,8,10,12,15H2. The molecule has 106 valence electrons. The third-order valence-corrected chi connectivity index (χ3v) is 4.68. The Bertz CT molecular complexity index is 630. The second kappa shape index (κ2) is 6.60. The average Bonchev–Trinajstić information content (AvgIpc) is 2.49. The first-order valence-corrected chi connectivity index (χ1v) is 7.73. The molecule has 2 aromatic rings. The summed E-state index contributed by atoms with van der Waals surface area (Å²) >= 11 is 0. The topological polar surface area (TPSA) is 76.3 Å². The molecule has 0 fully saturated rings. The Morgan fingerprint density at radius 3 is 2.45 bits per heavy atom. The lowest BCUT2D eigenvalue weighted by atomic mass is 10.2. The van der Waals surface area contributed by atoms with E-state index in [1.54, 1.807) is 12.3 Å². The van der Waals surface area contributed by atoms with Crippen LogP contribution in [0.2, 0.25) is 0 Å². The highest BCUT2D eigenvalue weighted by atomic mass is 32.2. The summed E-state index contributed by atoms with van der Waals surface area (Å²) in [4.78, 5) is 4.05. The number of nitrogens with zero attached hydrogens (tertiary/aromatic N) is 2. The summed E-state index contributed by atoms with van der Waals surface area (Å²) < 4.78 is 26.5. The molecule has 0 spiro atoms. The molecule has 0 unspecified atom stereocenters. The summed E-state index contributed by atoms with van der Waals surface area (Å²) in [6.45, 7) is 0.841. The van der Waals surface area contributed by atoms with Crippen LogP contribution in [0.3, 0.4) is 0 Å². The van der Waals surface area contributed by atoms with Crippen LogP contribution in [0.4, 0.5) is 0 Å². The van der Waals surface area contributed by atoms with Crippen molar-refractivity contribution in [1.82, 2.24) is 9.29 Å². The lowest BCUT2D eigenvalue weighted by Crippen LogP contribution is -2.35. The molecule has 0 radical (unpaired) electrons. The number of hydrogen-bond donors (Lipinski definition) is 1. The molecular weight excluding hydrogens is 274 g/mol. The Morgan fingerprint density at radius 1 is 1.10 bits per heavy atom. The Kier molecular flexibility index (Phi) is 4.84. The van der Waals surface area contributed by atoms with E-state index in [1.165, 1.54) is 16.6 Å². The molecule has 1 aromatic heterocycles. The fourth-order valence-corrected chi connectivity index (χ4v) is 3.27. The Morgan fingerprint density at radius 2 is 1.85 bits per heavy atom. The van der Waals surface area contributed by atoms with E-state index in [1.807, 2.05) is 30.3 Å². The van der Waals surface area contributed by atoms with Crippen LogP contribution >= 0.6 is 0 Å². The zero-order valence-corrected chi connectivity index (χ0v) is 11.8. The molecule has 0 aliphatic carbocycles. The maximum Gasteiger partial charge on any atom is 0.244 e. The van der Waals surface area contributed by atoms with Gasteiger partial charge in [-0.25, -0.2) is 8.42 Å². The second-order valence-corrected chi connectivity index (χ2v) is 6.24. The van der Waals surface area contributed by atoms with Gasteiger partial charge in [-0.1, -0.05) is 30.3 Å². The van der Waals surface area contributed by atoms with Gasteiger partial charge < -0.3 is 5.73 Å². The van der Waals surface area contributed by atoms with Gasteiger partial charge >= 0.3 is 0 Å². The normalized spacial score (nSPS) is 11.7. The zero-order valence-electron chi connectivity index (χ0n) is 11.0. The van der Waals surface area contributed by atoms with E-state index in [-0.39, 0.29) is 18.0 Å². The molecule has 20 heavy (non-hydrogen) atoms. The molecule has 0 bridgehead atoms. The minimum Gasteiger partial charge on any atom is -0.329 e. The first kappa shape index (κ1) is 14.6. The van der Waals surface area contributed by atoms with Crippen molar-refractivity contribution in [2.24, 2.45) is 5.73 Å². The fourth-order valence-electron chi connectivity index (χ4n) is 1.86. The predicted molar refractivity (Wildman–Crippen MR) is 77.3 cm³/mol. The molecule has 0 amide bonds. The van der Waals surface area contributed by atoms with Gasteiger partial charge in [0, 0.05) is 32.0 Å². The summed E-state index contributed by atoms with van der Waals surface area (Å²) in [5.74, 6) is 0. The van der Waals surface area contributed by atoms with Crippen LogP contribution in [-0.2, 0) is 16.6 Å². The highest BCUT2D eigenvalue weighted by molar-refractivity contribution is 7.89. The molecule has 5 nitrogen and oxygen atoms in total. The average molecular weight is 291 g/mol. The number of hydrogen-bond acceptors (Lipinski definition) is 4. The molecule has 0 saturated carbocycles. The maximum atomic E-state index is 12.6. The number of benzene rings is 1. The maximum absolute atomic E-state index is 12.6. The highest BCUT2D eigenvalue weighted by Gasteiger charge is 2.23. The van der Waals surface area contributed by atoms with E-state index < -0.39 is 10.0 Å². The second-order valence-electron chi connectivity index (χ2n) is 4.30. The quantitative estimate of drug-likeness (QED) is 0.868. The van der Waals surface area contributed by atoms with E-state index in [2.05, 4.69) is 4.98 Å². The minimum absolute atomic E-state index is 0.185. The van der Waals surface area contributed by atoms with E-state index >= 15 is 0 Å².